The van der Waals surface area contributed by atoms with E-state index < -0.39 is 0 Å². The van der Waals surface area contributed by atoms with Gasteiger partial charge < -0.3 is 14.8 Å². The SMILES string of the molecule is Cc1ccc([C@H]2[C@H](c3ccccn3)NC(=S)N2c2ccccc2F)n1C. The summed E-state index contributed by atoms with van der Waals surface area (Å²) in [5.41, 5.74) is 3.52. The number of nitrogens with zero attached hydrogens (tertiary/aromatic N) is 3. The zero-order valence-electron chi connectivity index (χ0n) is 14.6. The Labute approximate surface area is 157 Å². The molecular formula is C20H19FN4S. The molecule has 0 bridgehead atoms. The van der Waals surface area contributed by atoms with Gasteiger partial charge in [-0.2, -0.15) is 0 Å². The van der Waals surface area contributed by atoms with Crippen LogP contribution >= 0.6 is 12.2 Å². The monoisotopic (exact) mass is 366 g/mol. The van der Waals surface area contributed by atoms with Crippen molar-refractivity contribution in [3.63, 3.8) is 0 Å². The number of halogens is 1. The average molecular weight is 366 g/mol. The largest absolute Gasteiger partial charge is 0.351 e. The van der Waals surface area contributed by atoms with Crippen LogP contribution in [0.5, 0.6) is 0 Å². The molecule has 2 aromatic heterocycles. The lowest BCUT2D eigenvalue weighted by molar-refractivity contribution is 0.532. The first-order valence-electron chi connectivity index (χ1n) is 8.45. The van der Waals surface area contributed by atoms with Crippen molar-refractivity contribution in [1.82, 2.24) is 14.9 Å². The van der Waals surface area contributed by atoms with Crippen LogP contribution in [0.4, 0.5) is 10.1 Å². The van der Waals surface area contributed by atoms with E-state index in [4.69, 9.17) is 12.2 Å². The average Bonchev–Trinajstić information content (AvgIpc) is 3.16. The Morgan fingerprint density at radius 3 is 2.50 bits per heavy atom. The van der Waals surface area contributed by atoms with Gasteiger partial charge in [0.15, 0.2) is 5.11 Å². The van der Waals surface area contributed by atoms with E-state index >= 15 is 0 Å². The van der Waals surface area contributed by atoms with E-state index in [0.717, 1.165) is 17.1 Å². The fourth-order valence-corrected chi connectivity index (χ4v) is 3.83. The summed E-state index contributed by atoms with van der Waals surface area (Å²) in [5, 5.41) is 3.84. The highest BCUT2D eigenvalue weighted by Crippen LogP contribution is 2.42. The Morgan fingerprint density at radius 1 is 1.08 bits per heavy atom. The van der Waals surface area contributed by atoms with Gasteiger partial charge in [0.1, 0.15) is 11.9 Å². The van der Waals surface area contributed by atoms with E-state index in [9.17, 15) is 4.39 Å². The van der Waals surface area contributed by atoms with E-state index in [1.807, 2.05) is 43.1 Å². The Balaban J connectivity index is 1.89. The molecule has 1 fully saturated rings. The van der Waals surface area contributed by atoms with Gasteiger partial charge in [-0.3, -0.25) is 4.98 Å². The predicted molar refractivity (Wildman–Crippen MR) is 104 cm³/mol. The van der Waals surface area contributed by atoms with Gasteiger partial charge in [0.05, 0.1) is 17.4 Å². The Bertz CT molecular complexity index is 953. The molecule has 1 aliphatic rings. The summed E-state index contributed by atoms with van der Waals surface area (Å²) in [6.07, 6.45) is 1.76. The number of hydrogen-bond donors (Lipinski definition) is 1. The number of anilines is 1. The number of thiocarbonyl (C=S) groups is 1. The minimum atomic E-state index is -0.297. The maximum absolute atomic E-state index is 14.6. The summed E-state index contributed by atoms with van der Waals surface area (Å²) in [6.45, 7) is 2.05. The highest BCUT2D eigenvalue weighted by Gasteiger charge is 2.42. The maximum atomic E-state index is 14.6. The van der Waals surface area contributed by atoms with E-state index in [2.05, 4.69) is 27.0 Å². The smallest absolute Gasteiger partial charge is 0.174 e. The van der Waals surface area contributed by atoms with E-state index in [-0.39, 0.29) is 17.9 Å². The van der Waals surface area contributed by atoms with Crippen LogP contribution in [0.15, 0.2) is 60.8 Å². The third-order valence-electron chi connectivity index (χ3n) is 4.92. The van der Waals surface area contributed by atoms with Gasteiger partial charge in [-0.25, -0.2) is 4.39 Å². The Morgan fingerprint density at radius 2 is 1.85 bits per heavy atom. The molecule has 1 N–H and O–H groups in total. The van der Waals surface area contributed by atoms with Crippen molar-refractivity contribution in [3.8, 4) is 0 Å². The number of pyridine rings is 1. The van der Waals surface area contributed by atoms with Crippen molar-refractivity contribution in [2.24, 2.45) is 7.05 Å². The second-order valence-corrected chi connectivity index (χ2v) is 6.79. The molecule has 132 valence electrons. The lowest BCUT2D eigenvalue weighted by Crippen LogP contribution is -2.31. The highest BCUT2D eigenvalue weighted by molar-refractivity contribution is 7.80. The molecule has 2 atom stereocenters. The van der Waals surface area contributed by atoms with Crippen molar-refractivity contribution in [1.29, 1.82) is 0 Å². The quantitative estimate of drug-likeness (QED) is 0.709. The van der Waals surface area contributed by atoms with Gasteiger partial charge in [-0.15, -0.1) is 0 Å². The van der Waals surface area contributed by atoms with Gasteiger partial charge in [0.2, 0.25) is 0 Å². The molecule has 0 amide bonds. The number of aryl methyl sites for hydroxylation is 1. The summed E-state index contributed by atoms with van der Waals surface area (Å²) in [7, 11) is 2.01. The molecule has 1 aromatic carbocycles. The summed E-state index contributed by atoms with van der Waals surface area (Å²) >= 11 is 5.60. The first kappa shape index (κ1) is 16.7. The summed E-state index contributed by atoms with van der Waals surface area (Å²) in [4.78, 5) is 6.37. The normalized spacial score (nSPS) is 19.7. The van der Waals surface area contributed by atoms with Crippen LogP contribution in [0.25, 0.3) is 0 Å². The number of benzene rings is 1. The van der Waals surface area contributed by atoms with Gasteiger partial charge in [-0.1, -0.05) is 18.2 Å². The van der Waals surface area contributed by atoms with Gasteiger partial charge in [0.25, 0.3) is 0 Å². The summed E-state index contributed by atoms with van der Waals surface area (Å²) in [5.74, 6) is -0.297. The van der Waals surface area contributed by atoms with E-state index in [1.165, 1.54) is 6.07 Å². The third kappa shape index (κ3) is 2.66. The van der Waals surface area contributed by atoms with Crippen LogP contribution in [-0.4, -0.2) is 14.7 Å². The molecule has 0 radical (unpaired) electrons. The number of aromatic nitrogens is 2. The second kappa shape index (κ2) is 6.53. The first-order chi connectivity index (χ1) is 12.6. The van der Waals surface area contributed by atoms with Crippen LogP contribution in [0, 0.1) is 12.7 Å². The third-order valence-corrected chi connectivity index (χ3v) is 5.24. The topological polar surface area (TPSA) is 33.1 Å². The van der Waals surface area contributed by atoms with Gasteiger partial charge >= 0.3 is 0 Å². The number of rotatable bonds is 3. The molecule has 6 heteroatoms. The molecule has 0 spiro atoms. The first-order valence-corrected chi connectivity index (χ1v) is 8.86. The Hall–Kier alpha value is -2.73. The zero-order chi connectivity index (χ0) is 18.3. The minimum Gasteiger partial charge on any atom is -0.351 e. The number of para-hydroxylation sites is 1. The molecule has 4 rings (SSSR count). The molecule has 26 heavy (non-hydrogen) atoms. The summed E-state index contributed by atoms with van der Waals surface area (Å²) in [6, 6.07) is 16.3. The van der Waals surface area contributed by atoms with Crippen molar-refractivity contribution < 1.29 is 4.39 Å². The van der Waals surface area contributed by atoms with Crippen molar-refractivity contribution in [2.75, 3.05) is 4.90 Å². The molecule has 3 heterocycles. The molecule has 0 aliphatic carbocycles. The summed E-state index contributed by atoms with van der Waals surface area (Å²) < 4.78 is 16.7. The maximum Gasteiger partial charge on any atom is 0.174 e. The fourth-order valence-electron chi connectivity index (χ4n) is 3.49. The number of hydrogen-bond acceptors (Lipinski definition) is 2. The van der Waals surface area contributed by atoms with Crippen molar-refractivity contribution in [2.45, 2.75) is 19.0 Å². The fraction of sp³-hybridized carbons (Fsp3) is 0.200. The van der Waals surface area contributed by atoms with Crippen molar-refractivity contribution in [3.05, 3.63) is 83.7 Å². The van der Waals surface area contributed by atoms with Crippen LogP contribution in [0.3, 0.4) is 0 Å². The van der Waals surface area contributed by atoms with E-state index in [1.54, 1.807) is 18.3 Å². The lowest BCUT2D eigenvalue weighted by Gasteiger charge is -2.28. The Kier molecular flexibility index (Phi) is 4.20. The molecule has 3 aromatic rings. The van der Waals surface area contributed by atoms with E-state index in [0.29, 0.717) is 10.8 Å². The van der Waals surface area contributed by atoms with Gasteiger partial charge in [0, 0.05) is 24.6 Å². The second-order valence-electron chi connectivity index (χ2n) is 6.41. The van der Waals surface area contributed by atoms with Crippen LogP contribution in [0.2, 0.25) is 0 Å². The predicted octanol–water partition coefficient (Wildman–Crippen LogP) is 4.04. The minimum absolute atomic E-state index is 0.170. The molecular weight excluding hydrogens is 347 g/mol. The molecule has 4 nitrogen and oxygen atoms in total. The molecule has 0 saturated carbocycles. The standard InChI is InChI=1S/C20H19FN4S/c1-13-10-11-17(24(13)2)19-18(15-8-5-6-12-22-15)23-20(26)25(19)16-9-4-3-7-14(16)21/h3-12,18-19H,1-2H3,(H,23,26)/t18-,19-/m0/s1. The van der Waals surface area contributed by atoms with Crippen molar-refractivity contribution >= 4 is 23.0 Å². The van der Waals surface area contributed by atoms with Gasteiger partial charge in [-0.05, 0) is 55.5 Å². The molecule has 1 aliphatic heterocycles. The highest BCUT2D eigenvalue weighted by atomic mass is 32.1. The molecule has 0 unspecified atom stereocenters. The zero-order valence-corrected chi connectivity index (χ0v) is 15.4. The molecule has 1 saturated heterocycles. The van der Waals surface area contributed by atoms with Crippen LogP contribution < -0.4 is 10.2 Å². The lowest BCUT2D eigenvalue weighted by atomic mass is 10.0. The van der Waals surface area contributed by atoms with Crippen LogP contribution in [0.1, 0.15) is 29.2 Å². The number of nitrogens with one attached hydrogen (secondary N) is 1. The van der Waals surface area contributed by atoms with Crippen LogP contribution in [-0.2, 0) is 7.05 Å².